The van der Waals surface area contributed by atoms with Crippen molar-refractivity contribution in [1.82, 2.24) is 29.7 Å². The molecule has 4 aromatic heterocycles. The molecule has 7 rings (SSSR count). The normalized spacial score (nSPS) is 22.6. The number of amides is 1. The standard InChI is InChI=1S/C28H24N6O3/c35-24-7-3-4-10-33(24)19-8-9-23-22(15-29-34(23)16-19)26(36)30-18-13-28(14-18)11-17(12-28)25-20-5-1-2-6-21(20)27(37)32-31-25/h1-10,15-18H,11-14H2,(H,30,36)(H,32,37). The predicted molar refractivity (Wildman–Crippen MR) is 138 cm³/mol. The molecule has 0 aliphatic heterocycles. The van der Waals surface area contributed by atoms with Crippen LogP contribution in [-0.4, -0.2) is 36.3 Å². The summed E-state index contributed by atoms with van der Waals surface area (Å²) < 4.78 is 3.16. The number of aromatic nitrogens is 5. The van der Waals surface area contributed by atoms with E-state index in [2.05, 4.69) is 20.6 Å². The van der Waals surface area contributed by atoms with Crippen molar-refractivity contribution in [2.75, 3.05) is 0 Å². The Bertz CT molecular complexity index is 1800. The molecule has 4 heterocycles. The molecule has 2 N–H and O–H groups in total. The second-order valence-corrected chi connectivity index (χ2v) is 10.4. The molecule has 0 unspecified atom stereocenters. The van der Waals surface area contributed by atoms with Gasteiger partial charge in [-0.3, -0.25) is 19.0 Å². The Kier molecular flexibility index (Phi) is 4.69. The molecule has 37 heavy (non-hydrogen) atoms. The summed E-state index contributed by atoms with van der Waals surface area (Å²) in [6.07, 6.45) is 8.93. The Balaban J connectivity index is 1.02. The number of aromatic amines is 1. The van der Waals surface area contributed by atoms with Gasteiger partial charge < -0.3 is 5.32 Å². The Morgan fingerprint density at radius 1 is 0.973 bits per heavy atom. The highest BCUT2D eigenvalue weighted by atomic mass is 16.2. The van der Waals surface area contributed by atoms with E-state index < -0.39 is 0 Å². The molecule has 2 aliphatic carbocycles. The van der Waals surface area contributed by atoms with E-state index in [0.29, 0.717) is 28.1 Å². The zero-order valence-corrected chi connectivity index (χ0v) is 19.9. The van der Waals surface area contributed by atoms with Crippen LogP contribution < -0.4 is 16.4 Å². The van der Waals surface area contributed by atoms with Crippen molar-refractivity contribution in [2.24, 2.45) is 5.41 Å². The van der Waals surface area contributed by atoms with E-state index >= 15 is 0 Å². The molecule has 0 atom stereocenters. The number of nitrogens with one attached hydrogen (secondary N) is 2. The zero-order chi connectivity index (χ0) is 25.1. The molecule has 2 fully saturated rings. The van der Waals surface area contributed by atoms with Gasteiger partial charge in [0.1, 0.15) is 0 Å². The molecule has 9 nitrogen and oxygen atoms in total. The lowest BCUT2D eigenvalue weighted by molar-refractivity contribution is -0.0196. The van der Waals surface area contributed by atoms with Crippen molar-refractivity contribution in [2.45, 2.75) is 37.6 Å². The quantitative estimate of drug-likeness (QED) is 0.400. The number of H-pyrrole nitrogens is 1. The fourth-order valence-corrected chi connectivity index (χ4v) is 6.24. The summed E-state index contributed by atoms with van der Waals surface area (Å²) in [4.78, 5) is 37.3. The van der Waals surface area contributed by atoms with Crippen LogP contribution in [0.5, 0.6) is 0 Å². The minimum absolute atomic E-state index is 0.130. The third-order valence-corrected chi connectivity index (χ3v) is 8.01. The SMILES string of the molecule is O=C(NC1CC2(C1)CC(c1n[nH]c(=O)c3ccccc13)C2)c1cnn2cc(-n3ccccc3=O)ccc12. The van der Waals surface area contributed by atoms with E-state index in [1.807, 2.05) is 36.4 Å². The number of carbonyl (C=O) groups excluding carboxylic acids is 1. The topological polar surface area (TPSA) is 114 Å². The van der Waals surface area contributed by atoms with Crippen LogP contribution in [0.4, 0.5) is 0 Å². The minimum atomic E-state index is -0.155. The summed E-state index contributed by atoms with van der Waals surface area (Å²) in [6, 6.07) is 16.4. The predicted octanol–water partition coefficient (Wildman–Crippen LogP) is 3.18. The highest BCUT2D eigenvalue weighted by Crippen LogP contribution is 2.62. The fourth-order valence-electron chi connectivity index (χ4n) is 6.24. The number of hydrogen-bond acceptors (Lipinski definition) is 5. The number of fused-ring (bicyclic) bond motifs is 2. The van der Waals surface area contributed by atoms with Crippen LogP contribution in [0.3, 0.4) is 0 Å². The molecular weight excluding hydrogens is 468 g/mol. The number of rotatable bonds is 4. The van der Waals surface area contributed by atoms with Gasteiger partial charge in [-0.15, -0.1) is 0 Å². The van der Waals surface area contributed by atoms with Gasteiger partial charge in [-0.1, -0.05) is 24.3 Å². The van der Waals surface area contributed by atoms with Gasteiger partial charge in [-0.2, -0.15) is 10.2 Å². The first kappa shape index (κ1) is 21.7. The maximum atomic E-state index is 13.1. The second-order valence-electron chi connectivity index (χ2n) is 10.4. The molecule has 2 aliphatic rings. The zero-order valence-electron chi connectivity index (χ0n) is 19.9. The van der Waals surface area contributed by atoms with Gasteiger partial charge in [0.2, 0.25) is 0 Å². The second kappa shape index (κ2) is 7.99. The summed E-state index contributed by atoms with van der Waals surface area (Å²) in [5.41, 5.74) is 2.81. The van der Waals surface area contributed by atoms with Gasteiger partial charge >= 0.3 is 0 Å². The van der Waals surface area contributed by atoms with Crippen LogP contribution in [0.1, 0.15) is 47.7 Å². The van der Waals surface area contributed by atoms with Crippen molar-refractivity contribution in [3.8, 4) is 5.69 Å². The first-order chi connectivity index (χ1) is 18.0. The third-order valence-electron chi connectivity index (χ3n) is 8.01. The van der Waals surface area contributed by atoms with Gasteiger partial charge in [0, 0.05) is 29.6 Å². The first-order valence-electron chi connectivity index (χ1n) is 12.4. The first-order valence-corrected chi connectivity index (χ1v) is 12.4. The van der Waals surface area contributed by atoms with Crippen molar-refractivity contribution in [3.63, 3.8) is 0 Å². The van der Waals surface area contributed by atoms with Crippen LogP contribution in [0, 0.1) is 5.41 Å². The van der Waals surface area contributed by atoms with Crippen molar-refractivity contribution in [1.29, 1.82) is 0 Å². The maximum Gasteiger partial charge on any atom is 0.272 e. The van der Waals surface area contributed by atoms with Crippen LogP contribution >= 0.6 is 0 Å². The summed E-state index contributed by atoms with van der Waals surface area (Å²) in [5.74, 6) is 0.188. The summed E-state index contributed by atoms with van der Waals surface area (Å²) in [5, 5.41) is 16.2. The Hall–Kier alpha value is -4.53. The molecule has 1 spiro atoms. The monoisotopic (exact) mass is 492 g/mol. The molecule has 2 saturated carbocycles. The Morgan fingerprint density at radius 2 is 1.76 bits per heavy atom. The lowest BCUT2D eigenvalue weighted by Crippen LogP contribution is -2.55. The van der Waals surface area contributed by atoms with E-state index in [-0.39, 0.29) is 28.5 Å². The fraction of sp³-hybridized carbons (Fsp3) is 0.250. The molecular formula is C28H24N6O3. The number of hydrogen-bond donors (Lipinski definition) is 2. The third kappa shape index (κ3) is 3.49. The number of benzene rings is 1. The molecule has 9 heteroatoms. The van der Waals surface area contributed by atoms with E-state index in [1.54, 1.807) is 35.2 Å². The van der Waals surface area contributed by atoms with Gasteiger partial charge in [-0.25, -0.2) is 9.61 Å². The van der Waals surface area contributed by atoms with Crippen molar-refractivity contribution >= 4 is 22.2 Å². The van der Waals surface area contributed by atoms with Gasteiger partial charge in [0.05, 0.1) is 40.2 Å². The molecule has 1 amide bonds. The summed E-state index contributed by atoms with van der Waals surface area (Å²) >= 11 is 0. The highest BCUT2D eigenvalue weighted by Gasteiger charge is 2.54. The van der Waals surface area contributed by atoms with Crippen LogP contribution in [-0.2, 0) is 0 Å². The van der Waals surface area contributed by atoms with Crippen LogP contribution in [0.25, 0.3) is 22.0 Å². The van der Waals surface area contributed by atoms with Gasteiger partial charge in [-0.05, 0) is 55.4 Å². The maximum absolute atomic E-state index is 13.1. The molecule has 0 bridgehead atoms. The van der Waals surface area contributed by atoms with Crippen LogP contribution in [0.15, 0.2) is 82.8 Å². The number of nitrogens with zero attached hydrogens (tertiary/aromatic N) is 4. The molecule has 0 radical (unpaired) electrons. The van der Waals surface area contributed by atoms with Crippen molar-refractivity contribution < 1.29 is 4.79 Å². The smallest absolute Gasteiger partial charge is 0.272 e. The lowest BCUT2D eigenvalue weighted by atomic mass is 9.49. The average Bonchev–Trinajstić information content (AvgIpc) is 3.29. The minimum Gasteiger partial charge on any atom is -0.349 e. The molecule has 1 aromatic carbocycles. The molecule has 5 aromatic rings. The summed E-state index contributed by atoms with van der Waals surface area (Å²) in [7, 11) is 0. The lowest BCUT2D eigenvalue weighted by Gasteiger charge is -2.57. The largest absolute Gasteiger partial charge is 0.349 e. The van der Waals surface area contributed by atoms with Gasteiger partial charge in [0.15, 0.2) is 0 Å². The van der Waals surface area contributed by atoms with E-state index in [9.17, 15) is 14.4 Å². The molecule has 0 saturated heterocycles. The molecule has 184 valence electrons. The number of carbonyl (C=O) groups is 1. The van der Waals surface area contributed by atoms with E-state index in [4.69, 9.17) is 0 Å². The Labute approximate surface area is 210 Å². The van der Waals surface area contributed by atoms with E-state index in [1.165, 1.54) is 10.6 Å². The highest BCUT2D eigenvalue weighted by molar-refractivity contribution is 6.00. The van der Waals surface area contributed by atoms with Crippen molar-refractivity contribution in [3.05, 3.63) is 105 Å². The Morgan fingerprint density at radius 3 is 2.57 bits per heavy atom. The average molecular weight is 493 g/mol. The summed E-state index contributed by atoms with van der Waals surface area (Å²) in [6.45, 7) is 0. The van der Waals surface area contributed by atoms with Crippen LogP contribution in [0.2, 0.25) is 0 Å². The van der Waals surface area contributed by atoms with Gasteiger partial charge in [0.25, 0.3) is 17.0 Å². The van der Waals surface area contributed by atoms with E-state index in [0.717, 1.165) is 36.8 Å². The number of pyridine rings is 2.